The molecule has 0 bridgehead atoms. The first kappa shape index (κ1) is 23.3. The van der Waals surface area contributed by atoms with E-state index in [1.807, 2.05) is 0 Å². The van der Waals surface area contributed by atoms with Crippen LogP contribution < -0.4 is 14.4 Å². The molecule has 0 saturated carbocycles. The van der Waals surface area contributed by atoms with Crippen LogP contribution in [-0.2, 0) is 4.79 Å². The largest absolute Gasteiger partial charge is 0.497 e. The van der Waals surface area contributed by atoms with Crippen LogP contribution >= 0.6 is 47.2 Å². The molecule has 4 rings (SSSR count). The van der Waals surface area contributed by atoms with Gasteiger partial charge in [0.15, 0.2) is 4.32 Å². The zero-order chi connectivity index (χ0) is 23.5. The molecular weight excluding hydrogens is 501 g/mol. The zero-order valence-electron chi connectivity index (χ0n) is 17.1. The third kappa shape index (κ3) is 5.23. The summed E-state index contributed by atoms with van der Waals surface area (Å²) in [4.78, 5) is 27.3. The Kier molecular flexibility index (Phi) is 7.05. The Morgan fingerprint density at radius 3 is 2.30 bits per heavy atom. The minimum atomic E-state index is -0.593. The summed E-state index contributed by atoms with van der Waals surface area (Å²) in [5.74, 6) is 0.237. The Morgan fingerprint density at radius 1 is 1.00 bits per heavy atom. The van der Waals surface area contributed by atoms with Crippen molar-refractivity contribution >= 4 is 75.1 Å². The number of rotatable bonds is 5. The average molecular weight is 516 g/mol. The summed E-state index contributed by atoms with van der Waals surface area (Å²) >= 11 is 18.6. The van der Waals surface area contributed by atoms with Crippen LogP contribution in [0.4, 0.5) is 5.69 Å². The molecule has 3 aromatic rings. The SMILES string of the molecule is COc1ccc(N2C(=O)/C(=C\c3ccc(OC(=O)c4ccc(Cl)cc4Cl)cc3)SC2=S)cc1. The van der Waals surface area contributed by atoms with Crippen LogP contribution in [0.1, 0.15) is 15.9 Å². The quantitative estimate of drug-likeness (QED) is 0.164. The van der Waals surface area contributed by atoms with Crippen LogP contribution in [-0.4, -0.2) is 23.3 Å². The van der Waals surface area contributed by atoms with Gasteiger partial charge in [-0.15, -0.1) is 0 Å². The van der Waals surface area contributed by atoms with Gasteiger partial charge in [0.2, 0.25) is 0 Å². The van der Waals surface area contributed by atoms with Gasteiger partial charge in [0.05, 0.1) is 28.3 Å². The number of hydrogen-bond donors (Lipinski definition) is 0. The standard InChI is InChI=1S/C24H15Cl2NO4S2/c1-30-17-9-5-16(6-10-17)27-22(28)21(33-24(27)32)12-14-2-7-18(8-3-14)31-23(29)19-11-4-15(25)13-20(19)26/h2-13H,1H3/b21-12+. The molecule has 0 aromatic heterocycles. The van der Waals surface area contributed by atoms with E-state index in [-0.39, 0.29) is 16.5 Å². The second kappa shape index (κ2) is 9.97. The Bertz CT molecular complexity index is 1270. The first-order chi connectivity index (χ1) is 15.9. The summed E-state index contributed by atoms with van der Waals surface area (Å²) < 4.78 is 11.0. The molecule has 0 spiro atoms. The third-order valence-corrected chi connectivity index (χ3v) is 6.51. The highest BCUT2D eigenvalue weighted by molar-refractivity contribution is 8.27. The summed E-state index contributed by atoms with van der Waals surface area (Å²) in [7, 11) is 1.58. The number of halogens is 2. The Morgan fingerprint density at radius 2 is 1.67 bits per heavy atom. The van der Waals surface area contributed by atoms with Gasteiger partial charge in [-0.25, -0.2) is 4.79 Å². The molecule has 1 saturated heterocycles. The summed E-state index contributed by atoms with van der Waals surface area (Å²) in [5, 5.41) is 0.640. The minimum Gasteiger partial charge on any atom is -0.497 e. The predicted octanol–water partition coefficient (Wildman–Crippen LogP) is 6.63. The number of ether oxygens (including phenoxy) is 2. The van der Waals surface area contributed by atoms with Crippen molar-refractivity contribution in [3.05, 3.63) is 92.8 Å². The number of carbonyl (C=O) groups is 2. The van der Waals surface area contributed by atoms with Gasteiger partial charge in [0.25, 0.3) is 5.91 Å². The molecule has 1 aliphatic heterocycles. The van der Waals surface area contributed by atoms with Gasteiger partial charge in [-0.1, -0.05) is 59.3 Å². The van der Waals surface area contributed by atoms with Crippen LogP contribution in [0.5, 0.6) is 11.5 Å². The molecule has 1 heterocycles. The van der Waals surface area contributed by atoms with Crippen molar-refractivity contribution < 1.29 is 19.1 Å². The van der Waals surface area contributed by atoms with E-state index >= 15 is 0 Å². The minimum absolute atomic E-state index is 0.206. The molecule has 3 aromatic carbocycles. The van der Waals surface area contributed by atoms with E-state index in [0.717, 1.165) is 5.56 Å². The third-order valence-electron chi connectivity index (χ3n) is 4.66. The van der Waals surface area contributed by atoms with Gasteiger partial charge in [-0.2, -0.15) is 0 Å². The summed E-state index contributed by atoms with van der Waals surface area (Å²) in [6.45, 7) is 0. The lowest BCUT2D eigenvalue weighted by molar-refractivity contribution is -0.113. The first-order valence-electron chi connectivity index (χ1n) is 9.55. The highest BCUT2D eigenvalue weighted by Crippen LogP contribution is 2.36. The van der Waals surface area contributed by atoms with Crippen molar-refractivity contribution in [2.45, 2.75) is 0 Å². The highest BCUT2D eigenvalue weighted by Gasteiger charge is 2.33. The van der Waals surface area contributed by atoms with Gasteiger partial charge in [-0.3, -0.25) is 9.69 Å². The second-order valence-corrected chi connectivity index (χ2v) is 9.32. The molecule has 166 valence electrons. The molecule has 1 aliphatic rings. The lowest BCUT2D eigenvalue weighted by Crippen LogP contribution is -2.27. The molecule has 1 fully saturated rings. The molecule has 0 unspecified atom stereocenters. The fraction of sp³-hybridized carbons (Fsp3) is 0.0417. The van der Waals surface area contributed by atoms with Crippen molar-refractivity contribution in [3.8, 4) is 11.5 Å². The number of thiocarbonyl (C=S) groups is 1. The van der Waals surface area contributed by atoms with Gasteiger partial charge in [0.1, 0.15) is 11.5 Å². The lowest BCUT2D eigenvalue weighted by Gasteiger charge is -2.14. The van der Waals surface area contributed by atoms with Crippen molar-refractivity contribution in [3.63, 3.8) is 0 Å². The van der Waals surface area contributed by atoms with E-state index in [4.69, 9.17) is 44.9 Å². The summed E-state index contributed by atoms with van der Waals surface area (Å²) in [6.07, 6.45) is 1.74. The van der Waals surface area contributed by atoms with E-state index in [2.05, 4.69) is 0 Å². The second-order valence-electron chi connectivity index (χ2n) is 6.80. The van der Waals surface area contributed by atoms with E-state index < -0.39 is 5.97 Å². The number of amides is 1. The van der Waals surface area contributed by atoms with Crippen molar-refractivity contribution in [1.82, 2.24) is 0 Å². The van der Waals surface area contributed by atoms with Gasteiger partial charge in [0, 0.05) is 5.02 Å². The highest BCUT2D eigenvalue weighted by atomic mass is 35.5. The molecule has 0 aliphatic carbocycles. The number of methoxy groups -OCH3 is 1. The monoisotopic (exact) mass is 515 g/mol. The number of carbonyl (C=O) groups excluding carboxylic acids is 2. The normalized spacial score (nSPS) is 14.6. The number of nitrogens with zero attached hydrogens (tertiary/aromatic N) is 1. The number of thioether (sulfide) groups is 1. The average Bonchev–Trinajstić information content (AvgIpc) is 3.07. The number of esters is 1. The number of hydrogen-bond acceptors (Lipinski definition) is 6. The fourth-order valence-corrected chi connectivity index (χ4v) is 4.81. The van der Waals surface area contributed by atoms with E-state index in [1.54, 1.807) is 67.8 Å². The molecule has 0 atom stereocenters. The predicted molar refractivity (Wildman–Crippen MR) is 137 cm³/mol. The van der Waals surface area contributed by atoms with Crippen LogP contribution in [0.3, 0.4) is 0 Å². The molecule has 33 heavy (non-hydrogen) atoms. The fourth-order valence-electron chi connectivity index (χ4n) is 3.02. The maximum Gasteiger partial charge on any atom is 0.345 e. The van der Waals surface area contributed by atoms with Crippen LogP contribution in [0.15, 0.2) is 71.6 Å². The van der Waals surface area contributed by atoms with Crippen molar-refractivity contribution in [1.29, 1.82) is 0 Å². The van der Waals surface area contributed by atoms with E-state index in [9.17, 15) is 9.59 Å². The molecule has 0 radical (unpaired) electrons. The van der Waals surface area contributed by atoms with Gasteiger partial charge < -0.3 is 9.47 Å². The Balaban J connectivity index is 1.47. The molecular formula is C24H15Cl2NO4S2. The topological polar surface area (TPSA) is 55.8 Å². The summed E-state index contributed by atoms with van der Waals surface area (Å²) in [5.41, 5.74) is 1.65. The van der Waals surface area contributed by atoms with E-state index in [0.29, 0.717) is 31.4 Å². The summed E-state index contributed by atoms with van der Waals surface area (Å²) in [6, 6.07) is 18.4. The number of anilines is 1. The Hall–Kier alpha value is -2.84. The van der Waals surface area contributed by atoms with Gasteiger partial charge in [-0.05, 0) is 66.2 Å². The molecule has 9 heteroatoms. The smallest absolute Gasteiger partial charge is 0.345 e. The van der Waals surface area contributed by atoms with Crippen LogP contribution in [0.2, 0.25) is 10.0 Å². The maximum absolute atomic E-state index is 12.9. The number of benzene rings is 3. The molecule has 5 nitrogen and oxygen atoms in total. The maximum atomic E-state index is 12.9. The van der Waals surface area contributed by atoms with E-state index in [1.165, 1.54) is 28.8 Å². The molecule has 0 N–H and O–H groups in total. The van der Waals surface area contributed by atoms with Crippen LogP contribution in [0.25, 0.3) is 6.08 Å². The van der Waals surface area contributed by atoms with Crippen molar-refractivity contribution in [2.24, 2.45) is 0 Å². The zero-order valence-corrected chi connectivity index (χ0v) is 20.2. The first-order valence-corrected chi connectivity index (χ1v) is 11.5. The van der Waals surface area contributed by atoms with Crippen molar-refractivity contribution in [2.75, 3.05) is 12.0 Å². The van der Waals surface area contributed by atoms with Gasteiger partial charge >= 0.3 is 5.97 Å². The van der Waals surface area contributed by atoms with Crippen LogP contribution in [0, 0.1) is 0 Å². The lowest BCUT2D eigenvalue weighted by atomic mass is 10.2. The molecule has 1 amide bonds. The Labute approximate surface area is 209 Å².